The molecule has 4 unspecified atom stereocenters. The Kier molecular flexibility index (Phi) is 27.9. The summed E-state index contributed by atoms with van der Waals surface area (Å²) in [6, 6.07) is 0. The average Bonchev–Trinajstić information content (AvgIpc) is 0.957. The number of hydrogen-bond acceptors (Lipinski definition) is 14. The molecule has 6 rings (SSSR count). The SMILES string of the molecule is C=C1C[C@H](CCC2OCCO2)O[C@H]1CC[C@H]1C[C@H](C)C(=C)[C@@H](C[C@@H]2O[C@H](C[C@@H](CO[Si](C)(C)C(C)(C)C)O[Si](C)(C)C(C)(C)C)[C@@H](OC)[C@H]2CC(=O)CC2CC[C@@H]3O[C@H](C(/C=C/I)O[Si](C)(C)C(C)(C)C)C(O[Si](C)(C)C(C)(C)C)C(O[Si](C)(C)C(C)(C)C)[C@@H]3O2)O1. The first-order valence-electron chi connectivity index (χ1n) is 35.6. The van der Waals surface area contributed by atoms with Gasteiger partial charge in [0.05, 0.1) is 87.0 Å². The van der Waals surface area contributed by atoms with Crippen LogP contribution >= 0.6 is 22.6 Å². The molecule has 6 saturated heterocycles. The third-order valence-corrected chi connectivity index (χ3v) is 46.9. The number of carbonyl (C=O) groups excluding carboxylic acids is 1. The number of fused-ring (bicyclic) bond motifs is 1. The molecule has 0 aromatic rings. The van der Waals surface area contributed by atoms with Crippen molar-refractivity contribution in [3.63, 3.8) is 0 Å². The van der Waals surface area contributed by atoms with E-state index in [9.17, 15) is 0 Å². The van der Waals surface area contributed by atoms with Gasteiger partial charge in [-0.05, 0) is 163 Å². The van der Waals surface area contributed by atoms with Crippen molar-refractivity contribution in [3.05, 3.63) is 34.5 Å². The van der Waals surface area contributed by atoms with Gasteiger partial charge in [0.1, 0.15) is 30.2 Å². The fraction of sp³-hybridized carbons (Fsp3) is 0.903. The van der Waals surface area contributed by atoms with Crippen molar-refractivity contribution < 1.29 is 64.8 Å². The Balaban J connectivity index is 1.31. The summed E-state index contributed by atoms with van der Waals surface area (Å²) in [7, 11) is -10.0. The van der Waals surface area contributed by atoms with Crippen molar-refractivity contribution in [2.75, 3.05) is 26.9 Å². The molecule has 6 aliphatic heterocycles. The van der Waals surface area contributed by atoms with Crippen LogP contribution in [0.15, 0.2) is 34.5 Å². The van der Waals surface area contributed by atoms with Gasteiger partial charge in [0.15, 0.2) is 47.9 Å². The molecule has 534 valence electrons. The molecule has 20 heteroatoms. The van der Waals surface area contributed by atoms with Crippen LogP contribution in [-0.2, 0) is 64.8 Å². The molecule has 0 aromatic carbocycles. The lowest BCUT2D eigenvalue weighted by molar-refractivity contribution is -0.266. The van der Waals surface area contributed by atoms with Gasteiger partial charge < -0.3 is 60.0 Å². The van der Waals surface area contributed by atoms with Crippen molar-refractivity contribution in [1.29, 1.82) is 0 Å². The molecule has 92 heavy (non-hydrogen) atoms. The van der Waals surface area contributed by atoms with Crippen LogP contribution in [-0.4, -0.2) is 172 Å². The van der Waals surface area contributed by atoms with Gasteiger partial charge in [0.25, 0.3) is 0 Å². The number of Topliss-reactive ketones (excluding diaryl/α,β-unsaturated/α-hetero) is 1. The number of hydrogen-bond donors (Lipinski definition) is 0. The zero-order chi connectivity index (χ0) is 69.3. The molecule has 0 aromatic heterocycles. The molecule has 17 atom stereocenters. The quantitative estimate of drug-likeness (QED) is 0.0417. The van der Waals surface area contributed by atoms with Crippen LogP contribution in [0.3, 0.4) is 0 Å². The zero-order valence-electron chi connectivity index (χ0n) is 63.2. The van der Waals surface area contributed by atoms with Crippen molar-refractivity contribution in [2.24, 2.45) is 11.8 Å². The van der Waals surface area contributed by atoms with Crippen molar-refractivity contribution in [2.45, 2.75) is 376 Å². The highest BCUT2D eigenvalue weighted by Crippen LogP contribution is 2.50. The fourth-order valence-corrected chi connectivity index (χ4v) is 19.5. The van der Waals surface area contributed by atoms with Gasteiger partial charge in [0.2, 0.25) is 0 Å². The maximum absolute atomic E-state index is 15.4. The first kappa shape index (κ1) is 81.2. The van der Waals surface area contributed by atoms with Crippen molar-refractivity contribution in [3.8, 4) is 0 Å². The number of ether oxygens (including phenoxy) is 8. The van der Waals surface area contributed by atoms with E-state index in [1.165, 1.54) is 0 Å². The molecular formula is C72H135IO14Si5. The molecule has 14 nitrogen and oxygen atoms in total. The monoisotopic (exact) mass is 1490 g/mol. The summed E-state index contributed by atoms with van der Waals surface area (Å²) in [5.41, 5.74) is 2.23. The van der Waals surface area contributed by atoms with Crippen molar-refractivity contribution >= 4 is 70.0 Å². The summed E-state index contributed by atoms with van der Waals surface area (Å²) in [5, 5.41) is -0.257. The smallest absolute Gasteiger partial charge is 0.193 e. The molecule has 6 fully saturated rings. The number of rotatable bonds is 28. The normalized spacial score (nSPS) is 32.2. The van der Waals surface area contributed by atoms with Crippen LogP contribution in [0.25, 0.3) is 0 Å². The lowest BCUT2D eigenvalue weighted by atomic mass is 9.81. The van der Waals surface area contributed by atoms with Crippen molar-refractivity contribution in [1.82, 2.24) is 0 Å². The van der Waals surface area contributed by atoms with Gasteiger partial charge in [-0.2, -0.15) is 0 Å². The summed E-state index contributed by atoms with van der Waals surface area (Å²) >= 11 is 2.32. The molecule has 0 spiro atoms. The van der Waals surface area contributed by atoms with Crippen LogP contribution in [0.2, 0.25) is 90.7 Å². The standard InChI is InChI=1S/C72H135IO14Si5/c1-47-40-51(30-33-56-48(2)41-52(79-56)32-35-62-76-38-39-77-62)80-59(49(47)3)45-60-55(63(75-19)61(82-60)44-54(84-89(22,23)69(7,8)9)46-78-88(20,21)68(4,5)6)43-50(74)42-53-31-34-57-64(81-53)66(86-91(26,27)71(13,14)15)67(87-92(28,29)72(16,17)18)65(83-57)58(36-37-73)85-90(24,25)70(10,11)12/h36-37,47,51-67H,2-3,30-35,38-46H2,1,4-29H3/b37-36+/t47-,51-,52-,53?,54-,55-,56-,57-,58?,59+,60-,61+,63-,64+,65+,66?,67?/m0/s1. The third kappa shape index (κ3) is 20.7. The Labute approximate surface area is 580 Å². The number of ketones is 1. The molecule has 0 saturated carbocycles. The minimum absolute atomic E-state index is 0.00240. The fourth-order valence-electron chi connectivity index (χ4n) is 12.8. The Bertz CT molecular complexity index is 2430. The Hall–Kier alpha value is 0.184. The van der Waals surface area contributed by atoms with E-state index in [2.05, 4.69) is 216 Å². The van der Waals surface area contributed by atoms with Crippen LogP contribution in [0.4, 0.5) is 0 Å². The van der Waals surface area contributed by atoms with Crippen LogP contribution < -0.4 is 0 Å². The first-order valence-corrected chi connectivity index (χ1v) is 51.3. The maximum Gasteiger partial charge on any atom is 0.193 e. The summed E-state index contributed by atoms with van der Waals surface area (Å²) in [5.74, 6) is 0.0816. The molecule has 0 aliphatic carbocycles. The maximum atomic E-state index is 15.4. The lowest BCUT2D eigenvalue weighted by Crippen LogP contribution is -2.69. The van der Waals surface area contributed by atoms with Gasteiger partial charge in [-0.1, -0.05) is 147 Å². The summed E-state index contributed by atoms with van der Waals surface area (Å²) in [6.45, 7) is 70.8. The second-order valence-corrected chi connectivity index (χ2v) is 60.8. The van der Waals surface area contributed by atoms with E-state index < -0.39 is 72.1 Å². The summed E-state index contributed by atoms with van der Waals surface area (Å²) in [4.78, 5) is 15.4. The van der Waals surface area contributed by atoms with Crippen LogP contribution in [0.5, 0.6) is 0 Å². The van der Waals surface area contributed by atoms with Crippen LogP contribution in [0, 0.1) is 11.8 Å². The third-order valence-electron chi connectivity index (χ3n) is 24.0. The van der Waals surface area contributed by atoms with Gasteiger partial charge in [-0.3, -0.25) is 4.79 Å². The first-order chi connectivity index (χ1) is 42.0. The van der Waals surface area contributed by atoms with E-state index in [0.717, 1.165) is 49.7 Å². The zero-order valence-corrected chi connectivity index (χ0v) is 70.3. The molecule has 0 N–H and O–H groups in total. The van der Waals surface area contributed by atoms with Gasteiger partial charge >= 0.3 is 0 Å². The topological polar surface area (TPSA) is 137 Å². The number of methoxy groups -OCH3 is 1. The highest BCUT2D eigenvalue weighted by molar-refractivity contribution is 14.1. The minimum Gasteiger partial charge on any atom is -0.414 e. The number of halogens is 1. The average molecular weight is 1490 g/mol. The van der Waals surface area contributed by atoms with E-state index in [0.29, 0.717) is 45.5 Å². The number of carbonyl (C=O) groups is 1. The molecule has 6 aliphatic rings. The van der Waals surface area contributed by atoms with E-state index in [4.69, 9.17) is 66.6 Å². The van der Waals surface area contributed by atoms with E-state index in [-0.39, 0.29) is 123 Å². The van der Waals surface area contributed by atoms with E-state index >= 15 is 4.79 Å². The summed E-state index contributed by atoms with van der Waals surface area (Å²) in [6.07, 6.45) is 5.70. The van der Waals surface area contributed by atoms with Gasteiger partial charge in [0, 0.05) is 45.1 Å². The van der Waals surface area contributed by atoms with Crippen LogP contribution in [0.1, 0.15) is 188 Å². The second-order valence-electron chi connectivity index (χ2n) is 36.2. The molecular weight excluding hydrogens is 1360 g/mol. The summed E-state index contributed by atoms with van der Waals surface area (Å²) < 4.78 is 93.6. The van der Waals surface area contributed by atoms with Gasteiger partial charge in [-0.15, -0.1) is 0 Å². The largest absolute Gasteiger partial charge is 0.414 e. The minimum atomic E-state index is -2.50. The Morgan fingerprint density at radius 3 is 1.71 bits per heavy atom. The predicted molar refractivity (Wildman–Crippen MR) is 396 cm³/mol. The Morgan fingerprint density at radius 2 is 1.15 bits per heavy atom. The van der Waals surface area contributed by atoms with Gasteiger partial charge in [-0.25, -0.2) is 0 Å². The second kappa shape index (κ2) is 31.6. The molecule has 0 amide bonds. The van der Waals surface area contributed by atoms with E-state index in [1.54, 1.807) is 7.11 Å². The molecule has 0 bridgehead atoms. The Morgan fingerprint density at radius 1 is 0.609 bits per heavy atom. The molecule has 0 radical (unpaired) electrons. The molecule has 6 heterocycles. The highest BCUT2D eigenvalue weighted by Gasteiger charge is 2.59. The van der Waals surface area contributed by atoms with E-state index in [1.807, 2.05) is 0 Å². The predicted octanol–water partition coefficient (Wildman–Crippen LogP) is 18.4. The lowest BCUT2D eigenvalue weighted by Gasteiger charge is -2.56. The highest BCUT2D eigenvalue weighted by atomic mass is 127.